The van der Waals surface area contributed by atoms with Crippen LogP contribution in [0.5, 0.6) is 0 Å². The number of aryl methyl sites for hydroxylation is 1. The second kappa shape index (κ2) is 4.85. The molecule has 100 valence electrons. The first-order valence-corrected chi connectivity index (χ1v) is 6.04. The summed E-state index contributed by atoms with van der Waals surface area (Å²) in [5.74, 6) is 0.542. The molecular weight excluding hydrogens is 250 g/mol. The second-order valence-corrected chi connectivity index (χ2v) is 4.48. The number of carbonyl (C=O) groups is 1. The van der Waals surface area contributed by atoms with E-state index in [1.807, 2.05) is 0 Å². The van der Waals surface area contributed by atoms with Crippen molar-refractivity contribution in [3.63, 3.8) is 0 Å². The number of carbonyl (C=O) groups excluding carboxylic acids is 1. The van der Waals surface area contributed by atoms with Crippen molar-refractivity contribution in [1.29, 1.82) is 0 Å². The second-order valence-electron chi connectivity index (χ2n) is 4.48. The summed E-state index contributed by atoms with van der Waals surface area (Å²) >= 11 is 0. The maximum Gasteiger partial charge on any atom is 0.273 e. The Balaban J connectivity index is 1.70. The maximum atomic E-state index is 11.9. The van der Waals surface area contributed by atoms with Gasteiger partial charge in [0.25, 0.3) is 5.91 Å². The quantitative estimate of drug-likeness (QED) is 0.833. The zero-order chi connectivity index (χ0) is 13.2. The highest BCUT2D eigenvalue weighted by molar-refractivity contribution is 5.92. The third kappa shape index (κ3) is 2.24. The Labute approximate surface area is 108 Å². The third-order valence-corrected chi connectivity index (χ3v) is 3.27. The van der Waals surface area contributed by atoms with Crippen LogP contribution in [0, 0.1) is 0 Å². The van der Waals surface area contributed by atoms with Crippen molar-refractivity contribution in [3.05, 3.63) is 35.4 Å². The number of aliphatic hydroxyl groups is 1. The Kier molecular flexibility index (Phi) is 3.04. The number of aliphatic hydroxyl groups excluding tert-OH is 1. The molecular formula is C12H13N3O4. The topological polar surface area (TPSA) is 101 Å². The number of hydrogen-bond donors (Lipinski definition) is 2. The average Bonchev–Trinajstić information content (AvgIpc) is 3.07. The van der Waals surface area contributed by atoms with Gasteiger partial charge in [0, 0.05) is 18.0 Å². The van der Waals surface area contributed by atoms with Crippen molar-refractivity contribution < 1.29 is 18.8 Å². The highest BCUT2D eigenvalue weighted by Crippen LogP contribution is 2.24. The van der Waals surface area contributed by atoms with Gasteiger partial charge < -0.3 is 19.4 Å². The maximum absolute atomic E-state index is 11.9. The molecule has 1 aliphatic carbocycles. The number of amides is 1. The molecule has 2 N–H and O–H groups in total. The number of nitrogens with zero attached hydrogens (tertiary/aromatic N) is 2. The van der Waals surface area contributed by atoms with Crippen LogP contribution in [0.2, 0.25) is 0 Å². The lowest BCUT2D eigenvalue weighted by atomic mass is 9.92. The van der Waals surface area contributed by atoms with Crippen LogP contribution in [-0.2, 0) is 19.4 Å². The fourth-order valence-corrected chi connectivity index (χ4v) is 2.29. The number of nitrogens with one attached hydrogen (secondary N) is 1. The highest BCUT2D eigenvalue weighted by atomic mass is 16.5. The summed E-state index contributed by atoms with van der Waals surface area (Å²) in [5, 5.41) is 15.9. The van der Waals surface area contributed by atoms with E-state index in [1.54, 1.807) is 0 Å². The van der Waals surface area contributed by atoms with E-state index in [9.17, 15) is 4.79 Å². The third-order valence-electron chi connectivity index (χ3n) is 3.27. The largest absolute Gasteiger partial charge is 0.451 e. The van der Waals surface area contributed by atoms with Crippen molar-refractivity contribution in [2.45, 2.75) is 31.9 Å². The molecule has 0 radical (unpaired) electrons. The molecule has 1 atom stereocenters. The van der Waals surface area contributed by atoms with Gasteiger partial charge in [-0.1, -0.05) is 5.16 Å². The van der Waals surface area contributed by atoms with E-state index in [1.165, 1.54) is 12.7 Å². The van der Waals surface area contributed by atoms with Crippen molar-refractivity contribution in [3.8, 4) is 0 Å². The fraction of sp³-hybridized carbons (Fsp3) is 0.417. The molecule has 2 aromatic rings. The van der Waals surface area contributed by atoms with Gasteiger partial charge in [0.1, 0.15) is 17.7 Å². The zero-order valence-electron chi connectivity index (χ0n) is 10.1. The first-order chi connectivity index (χ1) is 9.28. The summed E-state index contributed by atoms with van der Waals surface area (Å²) in [4.78, 5) is 15.7. The van der Waals surface area contributed by atoms with Crippen LogP contribution in [0.3, 0.4) is 0 Å². The monoisotopic (exact) mass is 263 g/mol. The molecule has 7 nitrogen and oxygen atoms in total. The Morgan fingerprint density at radius 1 is 1.58 bits per heavy atom. The van der Waals surface area contributed by atoms with Gasteiger partial charge in [-0.2, -0.15) is 0 Å². The number of rotatable bonds is 3. The van der Waals surface area contributed by atoms with Gasteiger partial charge in [-0.3, -0.25) is 4.79 Å². The van der Waals surface area contributed by atoms with Gasteiger partial charge in [-0.25, -0.2) is 4.98 Å². The van der Waals surface area contributed by atoms with Gasteiger partial charge in [-0.05, 0) is 12.8 Å². The molecule has 0 fully saturated rings. The lowest BCUT2D eigenvalue weighted by molar-refractivity contribution is 0.0927. The first-order valence-electron chi connectivity index (χ1n) is 6.04. The minimum absolute atomic E-state index is 0.0126. The summed E-state index contributed by atoms with van der Waals surface area (Å²) < 4.78 is 9.93. The number of hydrogen-bond acceptors (Lipinski definition) is 6. The summed E-state index contributed by atoms with van der Waals surface area (Å²) in [6, 6.07) is -0.0126. The molecule has 0 saturated carbocycles. The molecule has 3 rings (SSSR count). The van der Waals surface area contributed by atoms with Crippen LogP contribution in [-0.4, -0.2) is 27.2 Å². The number of fused-ring (bicyclic) bond motifs is 1. The zero-order valence-corrected chi connectivity index (χ0v) is 10.1. The first kappa shape index (κ1) is 11.9. The minimum atomic E-state index is -0.260. The van der Waals surface area contributed by atoms with Crippen LogP contribution in [0.4, 0.5) is 0 Å². The summed E-state index contributed by atoms with van der Waals surface area (Å²) in [6.45, 7) is -0.150. The average molecular weight is 263 g/mol. The van der Waals surface area contributed by atoms with Crippen molar-refractivity contribution >= 4 is 5.91 Å². The SMILES string of the molecule is O=C(NC1CCc2onc(CO)c2C1)c1cocn1. The van der Waals surface area contributed by atoms with Crippen molar-refractivity contribution in [2.75, 3.05) is 0 Å². The standard InChI is InChI=1S/C12H13N3O4/c16-4-9-8-3-7(1-2-11(8)19-15-9)14-12(17)10-5-18-6-13-10/h5-7,16H,1-4H2,(H,14,17). The number of aromatic nitrogens is 2. The predicted octanol–water partition coefficient (Wildman–Crippen LogP) is 0.442. The molecule has 7 heteroatoms. The molecule has 2 heterocycles. The summed E-state index contributed by atoms with van der Waals surface area (Å²) in [6.07, 6.45) is 4.61. The van der Waals surface area contributed by atoms with Crippen molar-refractivity contribution in [1.82, 2.24) is 15.5 Å². The molecule has 0 spiro atoms. The van der Waals surface area contributed by atoms with Gasteiger partial charge in [-0.15, -0.1) is 0 Å². The van der Waals surface area contributed by atoms with Crippen LogP contribution in [0.15, 0.2) is 21.6 Å². The van der Waals surface area contributed by atoms with Crippen molar-refractivity contribution in [2.24, 2.45) is 0 Å². The van der Waals surface area contributed by atoms with E-state index in [-0.39, 0.29) is 24.2 Å². The van der Waals surface area contributed by atoms with E-state index < -0.39 is 0 Å². The molecule has 1 aliphatic rings. The Bertz CT molecular complexity index is 562. The minimum Gasteiger partial charge on any atom is -0.451 e. The van der Waals surface area contributed by atoms with Crippen LogP contribution in [0.1, 0.15) is 33.9 Å². The number of oxazole rings is 1. The molecule has 2 aromatic heterocycles. The predicted molar refractivity (Wildman–Crippen MR) is 62.2 cm³/mol. The fourth-order valence-electron chi connectivity index (χ4n) is 2.29. The van der Waals surface area contributed by atoms with Gasteiger partial charge in [0.2, 0.25) is 0 Å². The Morgan fingerprint density at radius 3 is 3.21 bits per heavy atom. The molecule has 19 heavy (non-hydrogen) atoms. The highest BCUT2D eigenvalue weighted by Gasteiger charge is 2.26. The lowest BCUT2D eigenvalue weighted by Crippen LogP contribution is -2.39. The Hall–Kier alpha value is -2.15. The molecule has 0 bridgehead atoms. The molecule has 0 aromatic carbocycles. The normalized spacial score (nSPS) is 18.1. The van der Waals surface area contributed by atoms with Crippen LogP contribution >= 0.6 is 0 Å². The van der Waals surface area contributed by atoms with E-state index in [0.29, 0.717) is 18.5 Å². The lowest BCUT2D eigenvalue weighted by Gasteiger charge is -2.21. The molecule has 1 amide bonds. The summed E-state index contributed by atoms with van der Waals surface area (Å²) in [7, 11) is 0. The van der Waals surface area contributed by atoms with Gasteiger partial charge in [0.15, 0.2) is 12.1 Å². The van der Waals surface area contributed by atoms with Gasteiger partial charge >= 0.3 is 0 Å². The smallest absolute Gasteiger partial charge is 0.273 e. The summed E-state index contributed by atoms with van der Waals surface area (Å²) in [5.41, 5.74) is 1.72. The van der Waals surface area contributed by atoms with Crippen LogP contribution < -0.4 is 5.32 Å². The van der Waals surface area contributed by atoms with E-state index in [0.717, 1.165) is 17.7 Å². The van der Waals surface area contributed by atoms with E-state index in [2.05, 4.69) is 15.5 Å². The van der Waals surface area contributed by atoms with E-state index in [4.69, 9.17) is 14.0 Å². The van der Waals surface area contributed by atoms with Gasteiger partial charge in [0.05, 0.1) is 6.61 Å². The molecule has 1 unspecified atom stereocenters. The Morgan fingerprint density at radius 2 is 2.47 bits per heavy atom. The van der Waals surface area contributed by atoms with Crippen LogP contribution in [0.25, 0.3) is 0 Å². The molecule has 0 saturated heterocycles. The van der Waals surface area contributed by atoms with E-state index >= 15 is 0 Å². The molecule has 0 aliphatic heterocycles.